The number of carbonyl (C=O) groups excluding carboxylic acids is 1. The molecule has 4 rings (SSSR count). The zero-order valence-corrected chi connectivity index (χ0v) is 15.5. The van der Waals surface area contributed by atoms with Crippen LogP contribution in [0.3, 0.4) is 0 Å². The van der Waals surface area contributed by atoms with E-state index in [2.05, 4.69) is 15.3 Å². The summed E-state index contributed by atoms with van der Waals surface area (Å²) in [6.45, 7) is 4.24. The summed E-state index contributed by atoms with van der Waals surface area (Å²) in [5, 5.41) is 4.14. The average molecular weight is 377 g/mol. The summed E-state index contributed by atoms with van der Waals surface area (Å²) in [6, 6.07) is 14.0. The van der Waals surface area contributed by atoms with Crippen LogP contribution in [0, 0.1) is 0 Å². The van der Waals surface area contributed by atoms with E-state index in [1.54, 1.807) is 31.2 Å². The first-order valence-electron chi connectivity index (χ1n) is 9.02. The summed E-state index contributed by atoms with van der Waals surface area (Å²) in [7, 11) is 0. The number of hydrogen-bond acceptors (Lipinski definition) is 5. The molecule has 2 aromatic heterocycles. The molecule has 2 N–H and O–H groups in total. The van der Waals surface area contributed by atoms with Crippen LogP contribution in [0.25, 0.3) is 21.9 Å². The third-order valence-electron chi connectivity index (χ3n) is 4.43. The molecule has 2 aromatic carbocycles. The predicted molar refractivity (Wildman–Crippen MR) is 106 cm³/mol. The molecule has 0 aliphatic carbocycles. The van der Waals surface area contributed by atoms with Gasteiger partial charge in [-0.2, -0.15) is 0 Å². The van der Waals surface area contributed by atoms with Crippen LogP contribution in [-0.4, -0.2) is 22.5 Å². The first-order valence-corrected chi connectivity index (χ1v) is 9.02. The van der Waals surface area contributed by atoms with Gasteiger partial charge in [0.1, 0.15) is 5.76 Å². The van der Waals surface area contributed by atoms with E-state index in [9.17, 15) is 9.59 Å². The van der Waals surface area contributed by atoms with Crippen LogP contribution in [0.1, 0.15) is 36.3 Å². The van der Waals surface area contributed by atoms with Gasteiger partial charge in [0, 0.05) is 5.39 Å². The Morgan fingerprint density at radius 3 is 2.89 bits per heavy atom. The normalized spacial score (nSPS) is 12.2. The molecule has 2 heterocycles. The van der Waals surface area contributed by atoms with Crippen molar-refractivity contribution < 1.29 is 13.9 Å². The van der Waals surface area contributed by atoms with E-state index in [0.717, 1.165) is 5.39 Å². The maximum absolute atomic E-state index is 12.6. The first kappa shape index (κ1) is 17.8. The van der Waals surface area contributed by atoms with Gasteiger partial charge in [-0.25, -0.2) is 4.98 Å². The summed E-state index contributed by atoms with van der Waals surface area (Å²) in [5.41, 5.74) is 0.750. The fourth-order valence-electron chi connectivity index (χ4n) is 3.07. The number of H-pyrrole nitrogens is 1. The minimum atomic E-state index is -0.485. The number of aromatic amines is 1. The highest BCUT2D eigenvalue weighted by molar-refractivity contribution is 5.93. The molecule has 7 nitrogen and oxygen atoms in total. The van der Waals surface area contributed by atoms with E-state index in [-0.39, 0.29) is 11.4 Å². The summed E-state index contributed by atoms with van der Waals surface area (Å²) < 4.78 is 11.5. The highest BCUT2D eigenvalue weighted by Crippen LogP contribution is 2.31. The number of fused-ring (bicyclic) bond motifs is 2. The number of nitrogens with zero attached hydrogens (tertiary/aromatic N) is 1. The van der Waals surface area contributed by atoms with Crippen molar-refractivity contribution in [1.82, 2.24) is 15.3 Å². The molecule has 0 fully saturated rings. The Labute approximate surface area is 160 Å². The molecular formula is C21H19N3O4. The van der Waals surface area contributed by atoms with Crippen LogP contribution < -0.4 is 15.6 Å². The van der Waals surface area contributed by atoms with Crippen molar-refractivity contribution in [2.75, 3.05) is 6.61 Å². The average Bonchev–Trinajstić information content (AvgIpc) is 3.14. The van der Waals surface area contributed by atoms with Gasteiger partial charge in [0.15, 0.2) is 17.2 Å². The molecule has 142 valence electrons. The summed E-state index contributed by atoms with van der Waals surface area (Å²) in [6.07, 6.45) is 0. The van der Waals surface area contributed by atoms with Gasteiger partial charge in [-0.3, -0.25) is 9.59 Å². The third kappa shape index (κ3) is 3.22. The Hall–Kier alpha value is -3.61. The lowest BCUT2D eigenvalue weighted by molar-refractivity contribution is 0.0925. The molecular weight excluding hydrogens is 358 g/mol. The molecule has 0 radical (unpaired) electrons. The van der Waals surface area contributed by atoms with Gasteiger partial charge in [0.25, 0.3) is 11.5 Å². The van der Waals surface area contributed by atoms with E-state index >= 15 is 0 Å². The standard InChI is InChI=1S/C21H19N3O4/c1-3-27-16-10-6-7-13-11-17(28-18(13)16)12(2)22-21(26)19-23-15-9-5-4-8-14(15)20(25)24-19/h4-12H,3H2,1-2H3,(H,22,26)(H,23,24,25). The van der Waals surface area contributed by atoms with Crippen LogP contribution in [0.15, 0.2) is 57.7 Å². The van der Waals surface area contributed by atoms with Gasteiger partial charge in [0.2, 0.25) is 0 Å². The van der Waals surface area contributed by atoms with Crippen molar-refractivity contribution in [3.05, 3.63) is 70.5 Å². The summed E-state index contributed by atoms with van der Waals surface area (Å²) in [5.74, 6) is 0.714. The highest BCUT2D eigenvalue weighted by Gasteiger charge is 2.19. The van der Waals surface area contributed by atoms with E-state index in [4.69, 9.17) is 9.15 Å². The minimum Gasteiger partial charge on any atom is -0.490 e. The van der Waals surface area contributed by atoms with Gasteiger partial charge in [-0.1, -0.05) is 24.3 Å². The van der Waals surface area contributed by atoms with Crippen LogP contribution in [0.5, 0.6) is 5.75 Å². The Morgan fingerprint density at radius 1 is 1.25 bits per heavy atom. The number of hydrogen-bond donors (Lipinski definition) is 2. The molecule has 4 aromatic rings. The number of furan rings is 1. The number of benzene rings is 2. The van der Waals surface area contributed by atoms with Crippen molar-refractivity contribution in [3.63, 3.8) is 0 Å². The smallest absolute Gasteiger partial charge is 0.287 e. The second kappa shape index (κ2) is 7.19. The molecule has 0 spiro atoms. The van der Waals surface area contributed by atoms with Gasteiger partial charge in [0.05, 0.1) is 23.6 Å². The predicted octanol–water partition coefficient (Wildman–Crippen LogP) is 3.56. The quantitative estimate of drug-likeness (QED) is 0.554. The summed E-state index contributed by atoms with van der Waals surface area (Å²) in [4.78, 5) is 31.5. The largest absolute Gasteiger partial charge is 0.490 e. The minimum absolute atomic E-state index is 0.0401. The number of rotatable bonds is 5. The maximum Gasteiger partial charge on any atom is 0.287 e. The fourth-order valence-corrected chi connectivity index (χ4v) is 3.07. The lowest BCUT2D eigenvalue weighted by Gasteiger charge is -2.11. The molecule has 1 unspecified atom stereocenters. The lowest BCUT2D eigenvalue weighted by Crippen LogP contribution is -2.30. The molecule has 0 aliphatic heterocycles. The molecule has 28 heavy (non-hydrogen) atoms. The van der Waals surface area contributed by atoms with Crippen molar-refractivity contribution in [2.24, 2.45) is 0 Å². The zero-order valence-electron chi connectivity index (χ0n) is 15.5. The Morgan fingerprint density at radius 2 is 2.07 bits per heavy atom. The van der Waals surface area contributed by atoms with E-state index in [1.807, 2.05) is 31.2 Å². The van der Waals surface area contributed by atoms with E-state index < -0.39 is 11.9 Å². The highest BCUT2D eigenvalue weighted by atomic mass is 16.5. The van der Waals surface area contributed by atoms with Crippen LogP contribution in [0.4, 0.5) is 0 Å². The van der Waals surface area contributed by atoms with Crippen LogP contribution in [-0.2, 0) is 0 Å². The number of para-hydroxylation sites is 2. The van der Waals surface area contributed by atoms with Gasteiger partial charge in [-0.05, 0) is 38.1 Å². The molecule has 1 atom stereocenters. The van der Waals surface area contributed by atoms with Crippen LogP contribution >= 0.6 is 0 Å². The van der Waals surface area contributed by atoms with Gasteiger partial charge < -0.3 is 19.5 Å². The molecule has 0 aliphatic rings. The van der Waals surface area contributed by atoms with Crippen molar-refractivity contribution in [2.45, 2.75) is 19.9 Å². The topological polar surface area (TPSA) is 97.2 Å². The Balaban J connectivity index is 1.60. The third-order valence-corrected chi connectivity index (χ3v) is 4.43. The Kier molecular flexibility index (Phi) is 4.57. The number of ether oxygens (including phenoxy) is 1. The van der Waals surface area contributed by atoms with Crippen LogP contribution in [0.2, 0.25) is 0 Å². The van der Waals surface area contributed by atoms with Crippen molar-refractivity contribution in [1.29, 1.82) is 0 Å². The van der Waals surface area contributed by atoms with Crippen molar-refractivity contribution >= 4 is 27.8 Å². The maximum atomic E-state index is 12.6. The molecule has 0 bridgehead atoms. The molecule has 7 heteroatoms. The van der Waals surface area contributed by atoms with Crippen molar-refractivity contribution in [3.8, 4) is 5.75 Å². The van der Waals surface area contributed by atoms with Gasteiger partial charge in [-0.15, -0.1) is 0 Å². The number of amides is 1. The lowest BCUT2D eigenvalue weighted by atomic mass is 10.2. The number of aromatic nitrogens is 2. The molecule has 1 amide bonds. The van der Waals surface area contributed by atoms with Gasteiger partial charge >= 0.3 is 0 Å². The first-order chi connectivity index (χ1) is 13.6. The molecule has 0 saturated carbocycles. The Bertz CT molecular complexity index is 1230. The second-order valence-electron chi connectivity index (χ2n) is 6.38. The second-order valence-corrected chi connectivity index (χ2v) is 6.38. The zero-order chi connectivity index (χ0) is 19.7. The number of carbonyl (C=O) groups is 1. The fraction of sp³-hybridized carbons (Fsp3) is 0.190. The summed E-state index contributed by atoms with van der Waals surface area (Å²) >= 11 is 0. The van der Waals surface area contributed by atoms with E-state index in [0.29, 0.717) is 34.6 Å². The molecule has 0 saturated heterocycles. The SMILES string of the molecule is CCOc1cccc2cc(C(C)NC(=O)c3nc4ccccc4c(=O)[nH]3)oc12. The van der Waals surface area contributed by atoms with E-state index in [1.165, 1.54) is 0 Å². The number of nitrogens with one attached hydrogen (secondary N) is 2. The monoisotopic (exact) mass is 377 g/mol.